The molecule has 1 aliphatic heterocycles. The number of halogens is 1. The van der Waals surface area contributed by atoms with Crippen LogP contribution in [-0.2, 0) is 9.59 Å². The van der Waals surface area contributed by atoms with Crippen molar-refractivity contribution in [2.45, 2.75) is 13.0 Å². The fourth-order valence-corrected chi connectivity index (χ4v) is 3.87. The molecule has 4 rings (SSSR count). The summed E-state index contributed by atoms with van der Waals surface area (Å²) in [5.74, 6) is 0.292. The van der Waals surface area contributed by atoms with E-state index in [0.717, 1.165) is 16.5 Å². The van der Waals surface area contributed by atoms with Gasteiger partial charge in [0, 0.05) is 17.9 Å². The molecule has 3 aromatic carbocycles. The van der Waals surface area contributed by atoms with Crippen molar-refractivity contribution in [3.63, 3.8) is 0 Å². The summed E-state index contributed by atoms with van der Waals surface area (Å²) in [6.45, 7) is 2.02. The van der Waals surface area contributed by atoms with E-state index in [1.54, 1.807) is 17.0 Å². The van der Waals surface area contributed by atoms with Gasteiger partial charge in [0.15, 0.2) is 0 Å². The molecule has 0 aromatic heterocycles. The fourth-order valence-electron chi connectivity index (χ4n) is 3.58. The number of para-hydroxylation sites is 1. The average Bonchev–Trinajstić information content (AvgIpc) is 2.95. The lowest BCUT2D eigenvalue weighted by atomic mass is 10.1. The van der Waals surface area contributed by atoms with Crippen LogP contribution in [0.1, 0.15) is 18.5 Å². The smallest absolute Gasteiger partial charge is 0.254 e. The molecule has 0 saturated heterocycles. The number of amides is 2. The first-order valence-electron chi connectivity index (χ1n) is 9.03. The second kappa shape index (κ2) is 7.52. The standard InChI is InChI=1S/C22H19ClN2O3/c1-14(26)24-20-17-9-5-10-18(23)21(17)25(22(20)27)12-13-28-19-11-4-7-15-6-2-3-8-16(15)19/h2-11,20H,12-13H2,1H3,(H,24,26)/t20-/m0/s1. The molecule has 6 heteroatoms. The Bertz CT molecular complexity index is 1060. The SMILES string of the molecule is CC(=O)N[C@@H]1C(=O)N(CCOc2cccc3ccccc23)c2c(Cl)cccc21. The van der Waals surface area contributed by atoms with Gasteiger partial charge in [-0.1, -0.05) is 60.1 Å². The van der Waals surface area contributed by atoms with Crippen molar-refractivity contribution in [1.82, 2.24) is 5.32 Å². The third-order valence-corrected chi connectivity index (χ3v) is 5.09. The number of nitrogens with zero attached hydrogens (tertiary/aromatic N) is 1. The Morgan fingerprint density at radius 1 is 1.11 bits per heavy atom. The number of rotatable bonds is 5. The summed E-state index contributed by atoms with van der Waals surface area (Å²) in [7, 11) is 0. The second-order valence-electron chi connectivity index (χ2n) is 6.63. The van der Waals surface area contributed by atoms with Crippen LogP contribution in [0.25, 0.3) is 10.8 Å². The van der Waals surface area contributed by atoms with E-state index >= 15 is 0 Å². The molecular formula is C22H19ClN2O3. The lowest BCUT2D eigenvalue weighted by molar-refractivity contribution is -0.126. The monoisotopic (exact) mass is 394 g/mol. The number of anilines is 1. The molecule has 0 saturated carbocycles. The highest BCUT2D eigenvalue weighted by atomic mass is 35.5. The highest BCUT2D eigenvalue weighted by Gasteiger charge is 2.39. The summed E-state index contributed by atoms with van der Waals surface area (Å²) >= 11 is 6.36. The minimum absolute atomic E-state index is 0.209. The molecule has 142 valence electrons. The van der Waals surface area contributed by atoms with E-state index in [1.165, 1.54) is 6.92 Å². The first-order chi connectivity index (χ1) is 13.6. The molecule has 2 amide bonds. The fraction of sp³-hybridized carbons (Fsp3) is 0.182. The van der Waals surface area contributed by atoms with Crippen molar-refractivity contribution in [2.24, 2.45) is 0 Å². The van der Waals surface area contributed by atoms with E-state index in [9.17, 15) is 9.59 Å². The van der Waals surface area contributed by atoms with Crippen molar-refractivity contribution in [2.75, 3.05) is 18.1 Å². The zero-order valence-corrected chi connectivity index (χ0v) is 16.1. The number of carbonyl (C=O) groups excluding carboxylic acids is 2. The number of benzene rings is 3. The second-order valence-corrected chi connectivity index (χ2v) is 7.03. The maximum atomic E-state index is 12.9. The molecule has 0 bridgehead atoms. The molecule has 0 unspecified atom stereocenters. The van der Waals surface area contributed by atoms with Crippen LogP contribution in [0.3, 0.4) is 0 Å². The number of nitrogens with one attached hydrogen (secondary N) is 1. The first-order valence-corrected chi connectivity index (χ1v) is 9.41. The van der Waals surface area contributed by atoms with Gasteiger partial charge in [-0.3, -0.25) is 9.59 Å². The minimum Gasteiger partial charge on any atom is -0.491 e. The van der Waals surface area contributed by atoms with Crippen LogP contribution in [-0.4, -0.2) is 25.0 Å². The number of ether oxygens (including phenoxy) is 1. The highest BCUT2D eigenvalue weighted by molar-refractivity contribution is 6.34. The average molecular weight is 395 g/mol. The Morgan fingerprint density at radius 3 is 2.68 bits per heavy atom. The molecule has 0 aliphatic carbocycles. The maximum Gasteiger partial charge on any atom is 0.254 e. The largest absolute Gasteiger partial charge is 0.491 e. The van der Waals surface area contributed by atoms with Gasteiger partial charge in [-0.05, 0) is 17.5 Å². The summed E-state index contributed by atoms with van der Waals surface area (Å²) < 4.78 is 5.98. The van der Waals surface area contributed by atoms with E-state index in [-0.39, 0.29) is 11.8 Å². The number of carbonyl (C=O) groups is 2. The van der Waals surface area contributed by atoms with Crippen molar-refractivity contribution < 1.29 is 14.3 Å². The van der Waals surface area contributed by atoms with Gasteiger partial charge in [0.2, 0.25) is 5.91 Å². The summed E-state index contributed by atoms with van der Waals surface area (Å²) in [5.41, 5.74) is 1.34. The van der Waals surface area contributed by atoms with Crippen LogP contribution in [0.2, 0.25) is 5.02 Å². The van der Waals surface area contributed by atoms with Crippen molar-refractivity contribution in [1.29, 1.82) is 0 Å². The van der Waals surface area contributed by atoms with Crippen LogP contribution in [0.5, 0.6) is 5.75 Å². The molecule has 1 heterocycles. The van der Waals surface area contributed by atoms with Gasteiger partial charge >= 0.3 is 0 Å². The van der Waals surface area contributed by atoms with Gasteiger partial charge in [0.05, 0.1) is 17.3 Å². The molecule has 28 heavy (non-hydrogen) atoms. The molecule has 1 N–H and O–H groups in total. The third-order valence-electron chi connectivity index (χ3n) is 4.78. The van der Waals surface area contributed by atoms with Crippen molar-refractivity contribution in [3.05, 3.63) is 71.2 Å². The molecule has 1 atom stereocenters. The van der Waals surface area contributed by atoms with Crippen molar-refractivity contribution >= 4 is 39.9 Å². The van der Waals surface area contributed by atoms with Crippen LogP contribution >= 0.6 is 11.6 Å². The van der Waals surface area contributed by atoms with Crippen LogP contribution in [0.4, 0.5) is 5.69 Å². The van der Waals surface area contributed by atoms with Gasteiger partial charge in [0.25, 0.3) is 5.91 Å². The van der Waals surface area contributed by atoms with E-state index < -0.39 is 6.04 Å². The Balaban J connectivity index is 1.55. The zero-order chi connectivity index (χ0) is 19.7. The first kappa shape index (κ1) is 18.3. The summed E-state index contributed by atoms with van der Waals surface area (Å²) in [5, 5.41) is 5.30. The van der Waals surface area contributed by atoms with Gasteiger partial charge in [0.1, 0.15) is 18.4 Å². The topological polar surface area (TPSA) is 58.6 Å². The minimum atomic E-state index is -0.719. The quantitative estimate of drug-likeness (QED) is 0.708. The normalized spacial score (nSPS) is 15.6. The van der Waals surface area contributed by atoms with E-state index in [0.29, 0.717) is 29.4 Å². The highest BCUT2D eigenvalue weighted by Crippen LogP contribution is 2.40. The molecular weight excluding hydrogens is 376 g/mol. The van der Waals surface area contributed by atoms with E-state index in [4.69, 9.17) is 16.3 Å². The summed E-state index contributed by atoms with van der Waals surface area (Å²) in [6, 6.07) is 18.5. The van der Waals surface area contributed by atoms with Gasteiger partial charge < -0.3 is 15.0 Å². The zero-order valence-electron chi connectivity index (χ0n) is 15.3. The third kappa shape index (κ3) is 3.29. The number of fused-ring (bicyclic) bond motifs is 2. The molecule has 0 fully saturated rings. The van der Waals surface area contributed by atoms with E-state index in [1.807, 2.05) is 48.5 Å². The Morgan fingerprint density at radius 2 is 1.86 bits per heavy atom. The lowest BCUT2D eigenvalue weighted by Crippen LogP contribution is -2.38. The molecule has 5 nitrogen and oxygen atoms in total. The Hall–Kier alpha value is -3.05. The van der Waals surface area contributed by atoms with Gasteiger partial charge in [-0.15, -0.1) is 0 Å². The van der Waals surface area contributed by atoms with Gasteiger partial charge in [-0.25, -0.2) is 0 Å². The predicted molar refractivity (Wildman–Crippen MR) is 110 cm³/mol. The molecule has 0 spiro atoms. The molecule has 3 aromatic rings. The Labute approximate surface area is 167 Å². The maximum absolute atomic E-state index is 12.9. The Kier molecular flexibility index (Phi) is 4.92. The van der Waals surface area contributed by atoms with Crippen molar-refractivity contribution in [3.8, 4) is 5.75 Å². The lowest BCUT2D eigenvalue weighted by Gasteiger charge is -2.19. The van der Waals surface area contributed by atoms with Crippen LogP contribution in [0.15, 0.2) is 60.7 Å². The summed E-state index contributed by atoms with van der Waals surface area (Å²) in [4.78, 5) is 26.0. The molecule has 1 aliphatic rings. The van der Waals surface area contributed by atoms with E-state index in [2.05, 4.69) is 5.32 Å². The predicted octanol–water partition coefficient (Wildman–Crippen LogP) is 4.10. The number of hydrogen-bond acceptors (Lipinski definition) is 3. The number of hydrogen-bond donors (Lipinski definition) is 1. The van der Waals surface area contributed by atoms with Crippen LogP contribution in [0, 0.1) is 0 Å². The van der Waals surface area contributed by atoms with Crippen LogP contribution < -0.4 is 15.0 Å². The molecule has 0 radical (unpaired) electrons. The van der Waals surface area contributed by atoms with Gasteiger partial charge in [-0.2, -0.15) is 0 Å². The summed E-state index contributed by atoms with van der Waals surface area (Å²) in [6.07, 6.45) is 0.